The summed E-state index contributed by atoms with van der Waals surface area (Å²) in [5.74, 6) is 1.27. The number of nitrogens with one attached hydrogen (secondary N) is 1. The minimum Gasteiger partial charge on any atom is -0.490 e. The lowest BCUT2D eigenvalue weighted by molar-refractivity contribution is -0.0336. The number of esters is 1. The van der Waals surface area contributed by atoms with Crippen LogP contribution in [0, 0.1) is 12.8 Å². The van der Waals surface area contributed by atoms with Crippen LogP contribution >= 0.6 is 0 Å². The highest BCUT2D eigenvalue weighted by Crippen LogP contribution is 2.31. The van der Waals surface area contributed by atoms with Crippen molar-refractivity contribution in [2.75, 3.05) is 32.8 Å². The molecular formula is C39H40N2O7. The molecule has 0 aliphatic carbocycles. The lowest BCUT2D eigenvalue weighted by Gasteiger charge is -2.43. The molecule has 1 amide bonds. The summed E-state index contributed by atoms with van der Waals surface area (Å²) in [6.45, 7) is 5.40. The molecule has 3 aliphatic heterocycles. The molecule has 4 aromatic rings. The number of ether oxygens (including phenoxy) is 4. The molecule has 248 valence electrons. The Balaban J connectivity index is 1.02. The minimum absolute atomic E-state index is 0.0792. The normalized spacial score (nSPS) is 18.7. The smallest absolute Gasteiger partial charge is 0.408 e. The molecule has 2 unspecified atom stereocenters. The summed E-state index contributed by atoms with van der Waals surface area (Å²) in [6, 6.07) is 29.3. The molecule has 3 fully saturated rings. The number of aryl methyl sites for hydroxylation is 1. The maximum atomic E-state index is 13.1. The molecule has 0 aromatic heterocycles. The van der Waals surface area contributed by atoms with Crippen LogP contribution in [0.3, 0.4) is 0 Å². The van der Waals surface area contributed by atoms with E-state index in [0.717, 1.165) is 61.0 Å². The van der Waals surface area contributed by atoms with E-state index in [-0.39, 0.29) is 19.3 Å². The van der Waals surface area contributed by atoms with Gasteiger partial charge < -0.3 is 24.3 Å². The van der Waals surface area contributed by atoms with Crippen molar-refractivity contribution < 1.29 is 33.3 Å². The van der Waals surface area contributed by atoms with Crippen molar-refractivity contribution in [1.29, 1.82) is 0 Å². The first kappa shape index (κ1) is 32.8. The first-order valence-corrected chi connectivity index (χ1v) is 16.4. The van der Waals surface area contributed by atoms with Gasteiger partial charge in [0.05, 0.1) is 11.6 Å². The Morgan fingerprint density at radius 1 is 0.875 bits per heavy atom. The van der Waals surface area contributed by atoms with Gasteiger partial charge >= 0.3 is 12.1 Å². The van der Waals surface area contributed by atoms with Crippen molar-refractivity contribution in [2.24, 2.45) is 5.92 Å². The molecule has 7 rings (SSSR count). The third-order valence-electron chi connectivity index (χ3n) is 8.95. The molecule has 2 atom stereocenters. The van der Waals surface area contributed by atoms with Crippen LogP contribution in [0.25, 0.3) is 0 Å². The van der Waals surface area contributed by atoms with E-state index >= 15 is 0 Å². The predicted molar refractivity (Wildman–Crippen MR) is 180 cm³/mol. The quantitative estimate of drug-likeness (QED) is 0.0992. The average molecular weight is 649 g/mol. The summed E-state index contributed by atoms with van der Waals surface area (Å²) in [7, 11) is 0. The zero-order valence-corrected chi connectivity index (χ0v) is 27.0. The number of carbonyl (C=O) groups is 3. The fraction of sp³-hybridized carbons (Fsp3) is 0.308. The van der Waals surface area contributed by atoms with Crippen LogP contribution < -0.4 is 14.8 Å². The number of amides is 1. The number of fused-ring (bicyclic) bond motifs is 3. The predicted octanol–water partition coefficient (Wildman–Crippen LogP) is 6.53. The van der Waals surface area contributed by atoms with Gasteiger partial charge in [-0.1, -0.05) is 54.6 Å². The van der Waals surface area contributed by atoms with Crippen molar-refractivity contribution >= 4 is 18.3 Å². The van der Waals surface area contributed by atoms with Crippen molar-refractivity contribution in [3.05, 3.63) is 130 Å². The molecule has 0 radical (unpaired) electrons. The first-order chi connectivity index (χ1) is 23.4. The van der Waals surface area contributed by atoms with Gasteiger partial charge in [0.2, 0.25) is 0 Å². The highest BCUT2D eigenvalue weighted by atomic mass is 16.6. The van der Waals surface area contributed by atoms with E-state index in [4.69, 9.17) is 18.9 Å². The second kappa shape index (κ2) is 15.6. The zero-order valence-electron chi connectivity index (χ0n) is 27.0. The lowest BCUT2D eigenvalue weighted by atomic mass is 9.86. The molecule has 9 heteroatoms. The molecule has 3 saturated heterocycles. The van der Waals surface area contributed by atoms with Crippen LogP contribution in [-0.4, -0.2) is 62.2 Å². The molecule has 0 saturated carbocycles. The SMILES string of the molecule is Cc1cc(C=O)ccc1OCCOC(=O)c1ccc(COc2cccc(C(NC(=O)OC3CN4CCC3CC4)c3ccccc3)c2)cc1. The van der Waals surface area contributed by atoms with E-state index < -0.39 is 18.1 Å². The van der Waals surface area contributed by atoms with Gasteiger partial charge in [0.25, 0.3) is 0 Å². The van der Waals surface area contributed by atoms with Crippen molar-refractivity contribution in [1.82, 2.24) is 10.2 Å². The highest BCUT2D eigenvalue weighted by molar-refractivity contribution is 5.89. The molecule has 4 aromatic carbocycles. The Morgan fingerprint density at radius 2 is 1.65 bits per heavy atom. The fourth-order valence-electron chi connectivity index (χ4n) is 6.30. The summed E-state index contributed by atoms with van der Waals surface area (Å²) < 4.78 is 23.1. The van der Waals surface area contributed by atoms with Gasteiger partial charge in [-0.2, -0.15) is 0 Å². The number of carbonyl (C=O) groups excluding carboxylic acids is 3. The van der Waals surface area contributed by atoms with E-state index in [9.17, 15) is 14.4 Å². The third-order valence-corrected chi connectivity index (χ3v) is 8.95. The Morgan fingerprint density at radius 3 is 2.35 bits per heavy atom. The summed E-state index contributed by atoms with van der Waals surface area (Å²) in [4.78, 5) is 39.0. The zero-order chi connectivity index (χ0) is 33.3. The Labute approximate surface area is 280 Å². The van der Waals surface area contributed by atoms with Gasteiger partial charge in [0.15, 0.2) is 0 Å². The maximum absolute atomic E-state index is 13.1. The molecule has 1 N–H and O–H groups in total. The van der Waals surface area contributed by atoms with Gasteiger partial charge in [0, 0.05) is 12.1 Å². The van der Waals surface area contributed by atoms with Crippen LogP contribution in [0.1, 0.15) is 61.9 Å². The van der Waals surface area contributed by atoms with Crippen LogP contribution in [0.5, 0.6) is 11.5 Å². The van der Waals surface area contributed by atoms with Crippen LogP contribution in [0.4, 0.5) is 4.79 Å². The monoisotopic (exact) mass is 648 g/mol. The number of benzene rings is 4. The van der Waals surface area contributed by atoms with Crippen LogP contribution in [0.2, 0.25) is 0 Å². The second-order valence-corrected chi connectivity index (χ2v) is 12.3. The molecule has 9 nitrogen and oxygen atoms in total. The van der Waals surface area contributed by atoms with Gasteiger partial charge in [-0.15, -0.1) is 0 Å². The van der Waals surface area contributed by atoms with Crippen LogP contribution in [-0.2, 0) is 16.1 Å². The number of rotatable bonds is 13. The van der Waals surface area contributed by atoms with Gasteiger partial charge in [-0.05, 0) is 103 Å². The number of nitrogens with zero attached hydrogens (tertiary/aromatic N) is 1. The molecule has 2 bridgehead atoms. The van der Waals surface area contributed by atoms with Crippen molar-refractivity contribution in [3.63, 3.8) is 0 Å². The van der Waals surface area contributed by atoms with Gasteiger partial charge in [-0.25, -0.2) is 9.59 Å². The second-order valence-electron chi connectivity index (χ2n) is 12.3. The largest absolute Gasteiger partial charge is 0.490 e. The molecule has 0 spiro atoms. The van der Waals surface area contributed by atoms with E-state index in [0.29, 0.717) is 35.2 Å². The summed E-state index contributed by atoms with van der Waals surface area (Å²) in [5.41, 5.74) is 4.54. The molecule has 3 aliphatic rings. The molecular weight excluding hydrogens is 608 g/mol. The standard InChI is InChI=1S/C39H40N2O7/c1-27-22-29(25-42)12-15-35(27)45-20-21-46-38(43)32-13-10-28(11-14-32)26-47-34-9-5-8-33(23-34)37(31-6-3-2-4-7-31)40-39(44)48-36-24-41-18-16-30(36)17-19-41/h2-15,22-23,25,30,36-37H,16-21,24,26H2,1H3,(H,40,44). The number of hydrogen-bond acceptors (Lipinski definition) is 8. The minimum atomic E-state index is -0.446. The van der Waals surface area contributed by atoms with Crippen molar-refractivity contribution in [2.45, 2.75) is 38.5 Å². The Hall–Kier alpha value is -5.15. The van der Waals surface area contributed by atoms with E-state index in [1.165, 1.54) is 0 Å². The van der Waals surface area contributed by atoms with E-state index in [1.54, 1.807) is 30.3 Å². The van der Waals surface area contributed by atoms with Crippen molar-refractivity contribution in [3.8, 4) is 11.5 Å². The summed E-state index contributed by atoms with van der Waals surface area (Å²) in [5, 5.41) is 3.11. The Kier molecular flexibility index (Phi) is 10.7. The summed E-state index contributed by atoms with van der Waals surface area (Å²) in [6.07, 6.45) is 2.43. The maximum Gasteiger partial charge on any atom is 0.408 e. The van der Waals surface area contributed by atoms with E-state index in [1.807, 2.05) is 73.7 Å². The highest BCUT2D eigenvalue weighted by Gasteiger charge is 2.36. The average Bonchev–Trinajstić information content (AvgIpc) is 3.13. The first-order valence-electron chi connectivity index (χ1n) is 16.4. The fourth-order valence-corrected chi connectivity index (χ4v) is 6.30. The van der Waals surface area contributed by atoms with Gasteiger partial charge in [0.1, 0.15) is 43.7 Å². The molecule has 48 heavy (non-hydrogen) atoms. The number of aldehydes is 1. The summed E-state index contributed by atoms with van der Waals surface area (Å²) >= 11 is 0. The number of hydrogen-bond donors (Lipinski definition) is 1. The topological polar surface area (TPSA) is 103 Å². The third kappa shape index (κ3) is 8.41. The van der Waals surface area contributed by atoms with Crippen LogP contribution in [0.15, 0.2) is 97.1 Å². The number of piperidine rings is 3. The number of alkyl carbamates (subject to hydrolysis) is 1. The Bertz CT molecular complexity index is 1700. The van der Waals surface area contributed by atoms with Gasteiger partial charge in [-0.3, -0.25) is 9.69 Å². The van der Waals surface area contributed by atoms with E-state index in [2.05, 4.69) is 10.2 Å². The lowest BCUT2D eigenvalue weighted by Crippen LogP contribution is -2.52. The molecule has 3 heterocycles.